The number of anilines is 2. The van der Waals surface area contributed by atoms with Gasteiger partial charge >= 0.3 is 0 Å². The zero-order chi connectivity index (χ0) is 22.2. The minimum Gasteiger partial charge on any atom is -0.324 e. The minimum atomic E-state index is -0.209. The van der Waals surface area contributed by atoms with Crippen LogP contribution in [0.2, 0.25) is 5.02 Å². The molecule has 0 unspecified atom stereocenters. The van der Waals surface area contributed by atoms with E-state index >= 15 is 0 Å². The molecule has 8 nitrogen and oxygen atoms in total. The molecular weight excluding hydrogens is 426 g/mol. The number of aryl methyl sites for hydroxylation is 1. The molecule has 9 heteroatoms. The van der Waals surface area contributed by atoms with Gasteiger partial charge in [0.05, 0.1) is 11.6 Å². The molecule has 32 heavy (non-hydrogen) atoms. The molecule has 0 bridgehead atoms. The lowest BCUT2D eigenvalue weighted by Crippen LogP contribution is -2.23. The SMILES string of the molecule is C=CCn1c(=O)c2cnc(Nc3cc4c(cc3C)CCNC4)nc2n1-c1ccc(Cl)cn1. The summed E-state index contributed by atoms with van der Waals surface area (Å²) in [6, 6.07) is 7.83. The second kappa shape index (κ2) is 8.22. The van der Waals surface area contributed by atoms with Crippen LogP contribution in [0.5, 0.6) is 0 Å². The highest BCUT2D eigenvalue weighted by Crippen LogP contribution is 2.26. The number of aromatic nitrogens is 5. The van der Waals surface area contributed by atoms with Gasteiger partial charge in [0.1, 0.15) is 5.39 Å². The van der Waals surface area contributed by atoms with Gasteiger partial charge in [0, 0.05) is 24.6 Å². The van der Waals surface area contributed by atoms with E-state index in [1.54, 1.807) is 29.1 Å². The average molecular weight is 448 g/mol. The second-order valence-electron chi connectivity index (χ2n) is 7.74. The first-order valence-corrected chi connectivity index (χ1v) is 10.7. The van der Waals surface area contributed by atoms with E-state index in [1.165, 1.54) is 22.0 Å². The Kier molecular flexibility index (Phi) is 5.24. The maximum Gasteiger partial charge on any atom is 0.278 e. The molecule has 0 spiro atoms. The predicted octanol–water partition coefficient (Wildman–Crippen LogP) is 3.51. The highest BCUT2D eigenvalue weighted by Gasteiger charge is 2.18. The van der Waals surface area contributed by atoms with Crippen molar-refractivity contribution in [3.8, 4) is 5.82 Å². The number of nitrogens with zero attached hydrogens (tertiary/aromatic N) is 5. The molecule has 5 rings (SSSR count). The molecule has 1 aliphatic rings. The number of hydrogen-bond donors (Lipinski definition) is 2. The van der Waals surface area contributed by atoms with Gasteiger partial charge in [-0.2, -0.15) is 4.98 Å². The lowest BCUT2D eigenvalue weighted by atomic mass is 9.97. The Bertz CT molecular complexity index is 1390. The Morgan fingerprint density at radius 1 is 1.25 bits per heavy atom. The van der Waals surface area contributed by atoms with Crippen LogP contribution in [0.25, 0.3) is 16.9 Å². The van der Waals surface area contributed by atoms with Crippen LogP contribution in [0.15, 0.2) is 54.1 Å². The van der Waals surface area contributed by atoms with E-state index in [1.807, 2.05) is 0 Å². The van der Waals surface area contributed by atoms with Crippen molar-refractivity contribution in [2.75, 3.05) is 11.9 Å². The van der Waals surface area contributed by atoms with Crippen LogP contribution < -0.4 is 16.2 Å². The van der Waals surface area contributed by atoms with Gasteiger partial charge in [-0.25, -0.2) is 19.3 Å². The summed E-state index contributed by atoms with van der Waals surface area (Å²) in [5, 5.41) is 7.64. The van der Waals surface area contributed by atoms with Crippen LogP contribution in [0.4, 0.5) is 11.6 Å². The monoisotopic (exact) mass is 447 g/mol. The van der Waals surface area contributed by atoms with Crippen LogP contribution in [0.3, 0.4) is 0 Å². The average Bonchev–Trinajstić information content (AvgIpc) is 3.06. The van der Waals surface area contributed by atoms with Crippen molar-refractivity contribution >= 4 is 34.3 Å². The van der Waals surface area contributed by atoms with Gasteiger partial charge in [-0.3, -0.25) is 4.79 Å². The van der Waals surface area contributed by atoms with Crippen molar-refractivity contribution in [2.24, 2.45) is 0 Å². The number of benzene rings is 1. The molecule has 162 valence electrons. The van der Waals surface area contributed by atoms with Crippen LogP contribution in [0.1, 0.15) is 16.7 Å². The van der Waals surface area contributed by atoms with Crippen molar-refractivity contribution in [1.29, 1.82) is 0 Å². The summed E-state index contributed by atoms with van der Waals surface area (Å²) in [5.41, 5.74) is 4.95. The van der Waals surface area contributed by atoms with E-state index in [0.29, 0.717) is 34.4 Å². The lowest BCUT2D eigenvalue weighted by Gasteiger charge is -2.20. The van der Waals surface area contributed by atoms with Gasteiger partial charge in [-0.05, 0) is 54.8 Å². The Morgan fingerprint density at radius 3 is 2.91 bits per heavy atom. The third kappa shape index (κ3) is 3.57. The molecule has 4 heterocycles. The summed E-state index contributed by atoms with van der Waals surface area (Å²) >= 11 is 6.01. The fourth-order valence-corrected chi connectivity index (χ4v) is 4.12. The number of allylic oxidation sites excluding steroid dienone is 1. The van der Waals surface area contributed by atoms with Crippen molar-refractivity contribution in [3.63, 3.8) is 0 Å². The van der Waals surface area contributed by atoms with Gasteiger partial charge in [-0.1, -0.05) is 23.7 Å². The van der Waals surface area contributed by atoms with Gasteiger partial charge in [0.2, 0.25) is 5.95 Å². The molecular formula is C23H22ClN7O. The fourth-order valence-electron chi connectivity index (χ4n) is 4.01. The molecule has 1 aromatic carbocycles. The molecule has 0 amide bonds. The number of nitrogens with one attached hydrogen (secondary N) is 2. The number of fused-ring (bicyclic) bond motifs is 2. The largest absolute Gasteiger partial charge is 0.324 e. The standard InChI is InChI=1S/C23H22ClN7O/c1-3-8-30-22(32)18-13-27-23(29-21(18)31(30)20-5-4-17(24)12-26-20)28-19-10-16-11-25-7-6-15(16)9-14(19)2/h3-5,9-10,12-13,25H,1,6-8,11H2,2H3,(H,27,28,29). The number of hydrogen-bond acceptors (Lipinski definition) is 6. The van der Waals surface area contributed by atoms with E-state index in [9.17, 15) is 4.79 Å². The summed E-state index contributed by atoms with van der Waals surface area (Å²) in [4.78, 5) is 26.5. The number of halogens is 1. The quantitative estimate of drug-likeness (QED) is 0.455. The third-order valence-corrected chi connectivity index (χ3v) is 5.81. The molecule has 0 saturated carbocycles. The van der Waals surface area contributed by atoms with Crippen molar-refractivity contribution in [1.82, 2.24) is 29.6 Å². The number of pyridine rings is 1. The zero-order valence-corrected chi connectivity index (χ0v) is 18.4. The molecule has 0 saturated heterocycles. The zero-order valence-electron chi connectivity index (χ0n) is 17.6. The summed E-state index contributed by atoms with van der Waals surface area (Å²) < 4.78 is 3.20. The normalized spacial score (nSPS) is 13.2. The first-order valence-electron chi connectivity index (χ1n) is 10.4. The molecule has 3 aromatic heterocycles. The van der Waals surface area contributed by atoms with Gasteiger partial charge < -0.3 is 10.6 Å². The van der Waals surface area contributed by atoms with Crippen LogP contribution in [0, 0.1) is 6.92 Å². The third-order valence-electron chi connectivity index (χ3n) is 5.59. The summed E-state index contributed by atoms with van der Waals surface area (Å²) in [5.74, 6) is 0.937. The maximum absolute atomic E-state index is 13.0. The van der Waals surface area contributed by atoms with E-state index in [0.717, 1.165) is 30.8 Å². The number of rotatable bonds is 5. The first-order chi connectivity index (χ1) is 15.5. The Morgan fingerprint density at radius 2 is 2.12 bits per heavy atom. The second-order valence-corrected chi connectivity index (χ2v) is 8.18. The van der Waals surface area contributed by atoms with Crippen LogP contribution in [-0.2, 0) is 19.5 Å². The smallest absolute Gasteiger partial charge is 0.278 e. The van der Waals surface area contributed by atoms with E-state index in [4.69, 9.17) is 11.6 Å². The van der Waals surface area contributed by atoms with Crippen molar-refractivity contribution in [3.05, 3.63) is 81.4 Å². The highest BCUT2D eigenvalue weighted by molar-refractivity contribution is 6.30. The van der Waals surface area contributed by atoms with Crippen molar-refractivity contribution in [2.45, 2.75) is 26.4 Å². The fraction of sp³-hybridized carbons (Fsp3) is 0.217. The van der Waals surface area contributed by atoms with E-state index in [-0.39, 0.29) is 5.56 Å². The summed E-state index contributed by atoms with van der Waals surface area (Å²) in [6.45, 7) is 7.98. The van der Waals surface area contributed by atoms with Gasteiger partial charge in [0.25, 0.3) is 5.56 Å². The highest BCUT2D eigenvalue weighted by atomic mass is 35.5. The maximum atomic E-state index is 13.0. The molecule has 0 atom stereocenters. The molecule has 0 radical (unpaired) electrons. The molecule has 0 fully saturated rings. The lowest BCUT2D eigenvalue weighted by molar-refractivity contribution is 0.597. The predicted molar refractivity (Wildman–Crippen MR) is 126 cm³/mol. The van der Waals surface area contributed by atoms with E-state index < -0.39 is 0 Å². The Hall–Kier alpha value is -3.49. The summed E-state index contributed by atoms with van der Waals surface area (Å²) in [6.07, 6.45) is 5.77. The van der Waals surface area contributed by atoms with Crippen LogP contribution >= 0.6 is 11.6 Å². The van der Waals surface area contributed by atoms with Crippen molar-refractivity contribution < 1.29 is 0 Å². The van der Waals surface area contributed by atoms with Gasteiger partial charge in [-0.15, -0.1) is 6.58 Å². The van der Waals surface area contributed by atoms with Crippen LogP contribution in [-0.4, -0.2) is 30.9 Å². The van der Waals surface area contributed by atoms with Gasteiger partial charge in [0.15, 0.2) is 11.5 Å². The molecule has 1 aliphatic heterocycles. The molecule has 4 aromatic rings. The Labute approximate surface area is 189 Å². The molecule has 0 aliphatic carbocycles. The van der Waals surface area contributed by atoms with E-state index in [2.05, 4.69) is 51.2 Å². The topological polar surface area (TPSA) is 89.7 Å². The Balaban J connectivity index is 1.62. The summed E-state index contributed by atoms with van der Waals surface area (Å²) in [7, 11) is 0. The molecule has 2 N–H and O–H groups in total. The minimum absolute atomic E-state index is 0.209. The first kappa shape index (κ1) is 20.4.